The van der Waals surface area contributed by atoms with Crippen molar-refractivity contribution in [3.63, 3.8) is 0 Å². The predicted molar refractivity (Wildman–Crippen MR) is 71.2 cm³/mol. The fraction of sp³-hybridized carbons (Fsp3) is 0.167. The molecule has 1 aromatic heterocycles. The van der Waals surface area contributed by atoms with Gasteiger partial charge in [-0.3, -0.25) is 9.59 Å². The van der Waals surface area contributed by atoms with Crippen LogP contribution in [-0.4, -0.2) is 38.7 Å². The summed E-state index contributed by atoms with van der Waals surface area (Å²) in [5.41, 5.74) is 12.4. The van der Waals surface area contributed by atoms with Gasteiger partial charge in [0.2, 0.25) is 5.91 Å². The molecule has 0 fully saturated rings. The average molecular weight is 274 g/mol. The van der Waals surface area contributed by atoms with Crippen molar-refractivity contribution in [2.45, 2.75) is 6.54 Å². The first-order valence-electron chi connectivity index (χ1n) is 5.84. The van der Waals surface area contributed by atoms with E-state index in [0.29, 0.717) is 5.69 Å². The molecular formula is C12H14N6O2. The van der Waals surface area contributed by atoms with Crippen LogP contribution in [0.4, 0.5) is 5.69 Å². The van der Waals surface area contributed by atoms with E-state index in [1.165, 1.54) is 11.1 Å². The molecule has 20 heavy (non-hydrogen) atoms. The van der Waals surface area contributed by atoms with Gasteiger partial charge in [-0.25, -0.2) is 0 Å². The second-order valence-corrected chi connectivity index (χ2v) is 4.18. The summed E-state index contributed by atoms with van der Waals surface area (Å²) < 4.78 is 0. The molecule has 0 spiro atoms. The molecule has 8 heteroatoms. The zero-order valence-corrected chi connectivity index (χ0v) is 10.6. The molecule has 2 rings (SSSR count). The van der Waals surface area contributed by atoms with Gasteiger partial charge in [-0.15, -0.1) is 0 Å². The van der Waals surface area contributed by atoms with Crippen LogP contribution < -0.4 is 11.5 Å². The second kappa shape index (κ2) is 5.83. The van der Waals surface area contributed by atoms with Crippen LogP contribution >= 0.6 is 0 Å². The minimum atomic E-state index is -0.614. The van der Waals surface area contributed by atoms with Crippen molar-refractivity contribution in [2.75, 3.05) is 12.3 Å². The number of nitrogens with zero attached hydrogens (tertiary/aromatic N) is 3. The summed E-state index contributed by atoms with van der Waals surface area (Å²) in [6, 6.07) is 7.09. The molecule has 2 aromatic rings. The minimum absolute atomic E-state index is 0.112. The number of anilines is 1. The van der Waals surface area contributed by atoms with E-state index >= 15 is 0 Å². The summed E-state index contributed by atoms with van der Waals surface area (Å²) in [5.74, 6) is -1.06. The molecule has 0 unspecified atom stereocenters. The lowest BCUT2D eigenvalue weighted by Crippen LogP contribution is -2.38. The number of aromatic amines is 1. The third-order valence-electron chi connectivity index (χ3n) is 2.68. The molecule has 1 aromatic carbocycles. The summed E-state index contributed by atoms with van der Waals surface area (Å²) in [5, 5.41) is 9.61. The van der Waals surface area contributed by atoms with Gasteiger partial charge in [-0.05, 0) is 11.6 Å². The Morgan fingerprint density at radius 1 is 1.30 bits per heavy atom. The average Bonchev–Trinajstić information content (AvgIpc) is 2.93. The zero-order valence-electron chi connectivity index (χ0n) is 10.6. The summed E-state index contributed by atoms with van der Waals surface area (Å²) in [6.45, 7) is -0.0542. The highest BCUT2D eigenvalue weighted by atomic mass is 16.2. The number of benzene rings is 1. The number of hydrogen-bond acceptors (Lipinski definition) is 5. The van der Waals surface area contributed by atoms with Crippen molar-refractivity contribution >= 4 is 17.5 Å². The number of aromatic nitrogens is 3. The Hall–Kier alpha value is -2.90. The number of hydrogen-bond donors (Lipinski definition) is 3. The molecular weight excluding hydrogens is 260 g/mol. The Labute approximate surface area is 114 Å². The molecule has 0 saturated heterocycles. The lowest BCUT2D eigenvalue weighted by atomic mass is 10.1. The molecule has 0 aliphatic heterocycles. The molecule has 5 N–H and O–H groups in total. The van der Waals surface area contributed by atoms with Crippen molar-refractivity contribution in [1.82, 2.24) is 20.3 Å². The topological polar surface area (TPSA) is 131 Å². The minimum Gasteiger partial charge on any atom is -0.398 e. The maximum Gasteiger partial charge on any atom is 0.276 e. The number of para-hydroxylation sites is 1. The van der Waals surface area contributed by atoms with Crippen molar-refractivity contribution in [3.8, 4) is 0 Å². The largest absolute Gasteiger partial charge is 0.398 e. The predicted octanol–water partition coefficient (Wildman–Crippen LogP) is -0.485. The van der Waals surface area contributed by atoms with Crippen LogP contribution in [0.2, 0.25) is 0 Å². The molecule has 0 saturated carbocycles. The first kappa shape index (κ1) is 13.5. The maximum atomic E-state index is 12.2. The second-order valence-electron chi connectivity index (χ2n) is 4.18. The van der Waals surface area contributed by atoms with Crippen molar-refractivity contribution < 1.29 is 9.59 Å². The van der Waals surface area contributed by atoms with Gasteiger partial charge in [0.1, 0.15) is 6.54 Å². The number of nitrogen functional groups attached to an aromatic ring is 1. The van der Waals surface area contributed by atoms with Gasteiger partial charge >= 0.3 is 0 Å². The first-order valence-corrected chi connectivity index (χ1v) is 5.84. The van der Waals surface area contributed by atoms with Gasteiger partial charge in [0.15, 0.2) is 5.69 Å². The van der Waals surface area contributed by atoms with E-state index in [2.05, 4.69) is 15.4 Å². The fourth-order valence-electron chi connectivity index (χ4n) is 1.74. The summed E-state index contributed by atoms with van der Waals surface area (Å²) >= 11 is 0. The number of primary amides is 1. The van der Waals surface area contributed by atoms with Crippen LogP contribution in [0, 0.1) is 0 Å². The zero-order chi connectivity index (χ0) is 14.5. The van der Waals surface area contributed by atoms with E-state index in [9.17, 15) is 9.59 Å². The quantitative estimate of drug-likeness (QED) is 0.633. The highest BCUT2D eigenvalue weighted by Crippen LogP contribution is 2.14. The SMILES string of the molecule is NC(=O)CN(Cc1ccccc1N)C(=O)c1cn[nH]n1. The number of nitrogens with one attached hydrogen (secondary N) is 1. The Bertz CT molecular complexity index is 610. The van der Waals surface area contributed by atoms with Crippen molar-refractivity contribution in [3.05, 3.63) is 41.7 Å². The number of carbonyl (C=O) groups excluding carboxylic acids is 2. The molecule has 0 aliphatic carbocycles. The molecule has 0 atom stereocenters. The van der Waals surface area contributed by atoms with Crippen LogP contribution in [0.25, 0.3) is 0 Å². The van der Waals surface area contributed by atoms with Gasteiger partial charge in [-0.1, -0.05) is 18.2 Å². The summed E-state index contributed by atoms with van der Waals surface area (Å²) in [4.78, 5) is 24.6. The van der Waals surface area contributed by atoms with Crippen LogP contribution in [-0.2, 0) is 11.3 Å². The Morgan fingerprint density at radius 2 is 2.05 bits per heavy atom. The summed E-state index contributed by atoms with van der Waals surface area (Å²) in [6.07, 6.45) is 1.28. The molecule has 2 amide bonds. The van der Waals surface area contributed by atoms with Gasteiger partial charge in [0, 0.05) is 12.2 Å². The Balaban J connectivity index is 2.22. The van der Waals surface area contributed by atoms with Crippen LogP contribution in [0.5, 0.6) is 0 Å². The number of amides is 2. The first-order chi connectivity index (χ1) is 9.58. The van der Waals surface area contributed by atoms with Crippen molar-refractivity contribution in [2.24, 2.45) is 5.73 Å². The van der Waals surface area contributed by atoms with Crippen molar-refractivity contribution in [1.29, 1.82) is 0 Å². The van der Waals surface area contributed by atoms with E-state index in [4.69, 9.17) is 11.5 Å². The van der Waals surface area contributed by atoms with E-state index in [0.717, 1.165) is 5.56 Å². The monoisotopic (exact) mass is 274 g/mol. The van der Waals surface area contributed by atoms with Gasteiger partial charge in [0.05, 0.1) is 6.20 Å². The molecule has 0 radical (unpaired) electrons. The lowest BCUT2D eigenvalue weighted by Gasteiger charge is -2.20. The molecule has 104 valence electrons. The van der Waals surface area contributed by atoms with Gasteiger partial charge < -0.3 is 16.4 Å². The third kappa shape index (κ3) is 3.10. The van der Waals surface area contributed by atoms with Crippen LogP contribution in [0.15, 0.2) is 30.5 Å². The number of nitrogens with two attached hydrogens (primary N) is 2. The number of carbonyl (C=O) groups is 2. The normalized spacial score (nSPS) is 10.2. The number of rotatable bonds is 5. The van der Waals surface area contributed by atoms with Crippen LogP contribution in [0.1, 0.15) is 16.1 Å². The van der Waals surface area contributed by atoms with E-state index in [1.807, 2.05) is 0 Å². The van der Waals surface area contributed by atoms with E-state index in [-0.39, 0.29) is 18.8 Å². The van der Waals surface area contributed by atoms with E-state index < -0.39 is 11.8 Å². The standard InChI is InChI=1S/C12H14N6O2/c13-9-4-2-1-3-8(9)6-18(7-11(14)19)12(20)10-5-15-17-16-10/h1-5H,6-7,13H2,(H2,14,19)(H,15,16,17). The van der Waals surface area contributed by atoms with E-state index in [1.54, 1.807) is 24.3 Å². The maximum absolute atomic E-state index is 12.2. The number of H-pyrrole nitrogens is 1. The summed E-state index contributed by atoms with van der Waals surface area (Å²) in [7, 11) is 0. The van der Waals surface area contributed by atoms with Gasteiger partial charge in [0.25, 0.3) is 5.91 Å². The smallest absolute Gasteiger partial charge is 0.276 e. The Morgan fingerprint density at radius 3 is 2.65 bits per heavy atom. The third-order valence-corrected chi connectivity index (χ3v) is 2.68. The molecule has 0 aliphatic rings. The highest BCUT2D eigenvalue weighted by Gasteiger charge is 2.20. The lowest BCUT2D eigenvalue weighted by molar-refractivity contribution is -0.118. The van der Waals surface area contributed by atoms with Gasteiger partial charge in [-0.2, -0.15) is 15.4 Å². The molecule has 0 bridgehead atoms. The fourth-order valence-corrected chi connectivity index (χ4v) is 1.74. The van der Waals surface area contributed by atoms with Crippen LogP contribution in [0.3, 0.4) is 0 Å². The molecule has 8 nitrogen and oxygen atoms in total. The highest BCUT2D eigenvalue weighted by molar-refractivity contribution is 5.94. The molecule has 1 heterocycles. The Kier molecular flexibility index (Phi) is 3.94.